The Balaban J connectivity index is 1.22. The molecule has 1 unspecified atom stereocenters. The average molecular weight is 442 g/mol. The number of anilines is 2. The molecule has 0 amide bonds. The first-order chi connectivity index (χ1) is 16.3. The maximum Gasteiger partial charge on any atom is 0.295 e. The van der Waals surface area contributed by atoms with Gasteiger partial charge in [0.25, 0.3) is 6.01 Å². The number of rotatable bonds is 6. The number of nitriles is 1. The van der Waals surface area contributed by atoms with Crippen molar-refractivity contribution in [3.8, 4) is 17.4 Å². The Morgan fingerprint density at radius 3 is 2.52 bits per heavy atom. The molecule has 1 saturated heterocycles. The van der Waals surface area contributed by atoms with Crippen molar-refractivity contribution in [2.45, 2.75) is 56.7 Å². The highest BCUT2D eigenvalue weighted by molar-refractivity contribution is 5.57. The molecule has 1 saturated carbocycles. The Bertz CT molecular complexity index is 1070. The van der Waals surface area contributed by atoms with Crippen LogP contribution in [0.3, 0.4) is 0 Å². The molecule has 33 heavy (non-hydrogen) atoms. The number of nitrogens with one attached hydrogen (secondary N) is 2. The molecule has 0 radical (unpaired) electrons. The summed E-state index contributed by atoms with van der Waals surface area (Å²) < 4.78 is 6.02. The highest BCUT2D eigenvalue weighted by Gasteiger charge is 2.30. The molecule has 2 aliphatic rings. The first-order valence-corrected chi connectivity index (χ1v) is 12.1. The second kappa shape index (κ2) is 10.1. The van der Waals surface area contributed by atoms with Crippen LogP contribution in [0.5, 0.6) is 0 Å². The van der Waals surface area contributed by atoms with Crippen LogP contribution in [-0.2, 0) is 0 Å². The molecule has 2 heterocycles. The minimum atomic E-state index is 0.311. The van der Waals surface area contributed by atoms with Crippen molar-refractivity contribution in [1.82, 2.24) is 10.3 Å². The van der Waals surface area contributed by atoms with Gasteiger partial charge in [-0.3, -0.25) is 0 Å². The normalized spacial score (nSPS) is 23.1. The van der Waals surface area contributed by atoms with Gasteiger partial charge in [-0.15, -0.1) is 0 Å². The number of nitrogens with zero attached hydrogens (tertiary/aromatic N) is 3. The third kappa shape index (κ3) is 5.20. The fourth-order valence-corrected chi connectivity index (χ4v) is 5.14. The Labute approximate surface area is 195 Å². The Hall–Kier alpha value is -3.30. The molecule has 0 spiro atoms. The molecule has 5 rings (SSSR count). The molecular weight excluding hydrogens is 410 g/mol. The zero-order chi connectivity index (χ0) is 22.5. The van der Waals surface area contributed by atoms with E-state index in [4.69, 9.17) is 9.68 Å². The van der Waals surface area contributed by atoms with Crippen LogP contribution in [0.25, 0.3) is 11.3 Å². The third-order valence-corrected chi connectivity index (χ3v) is 6.87. The zero-order valence-electron chi connectivity index (χ0n) is 18.9. The molecule has 3 atom stereocenters. The minimum Gasteiger partial charge on any atom is -0.424 e. The molecule has 2 N–H and O–H groups in total. The quantitative estimate of drug-likeness (QED) is 0.548. The lowest BCUT2D eigenvalue weighted by molar-refractivity contribution is 0.290. The minimum absolute atomic E-state index is 0.311. The fraction of sp³-hybridized carbons (Fsp3) is 0.407. The van der Waals surface area contributed by atoms with Crippen LogP contribution in [0, 0.1) is 11.3 Å². The van der Waals surface area contributed by atoms with Crippen LogP contribution >= 0.6 is 0 Å². The van der Waals surface area contributed by atoms with E-state index in [-0.39, 0.29) is 0 Å². The topological polar surface area (TPSA) is 77.1 Å². The first-order valence-electron chi connectivity index (χ1n) is 12.1. The summed E-state index contributed by atoms with van der Waals surface area (Å²) >= 11 is 0. The summed E-state index contributed by atoms with van der Waals surface area (Å²) in [4.78, 5) is 6.94. The van der Waals surface area contributed by atoms with Crippen LogP contribution in [0.2, 0.25) is 0 Å². The van der Waals surface area contributed by atoms with Crippen molar-refractivity contribution >= 4 is 11.7 Å². The summed E-state index contributed by atoms with van der Waals surface area (Å²) in [6, 6.07) is 22.0. The molecule has 2 aromatic carbocycles. The van der Waals surface area contributed by atoms with Gasteiger partial charge in [0.15, 0.2) is 5.76 Å². The Kier molecular flexibility index (Phi) is 6.59. The molecule has 6 heteroatoms. The lowest BCUT2D eigenvalue weighted by Crippen LogP contribution is -2.54. The average Bonchev–Trinajstić information content (AvgIpc) is 3.35. The van der Waals surface area contributed by atoms with Gasteiger partial charge in [0.2, 0.25) is 0 Å². The lowest BCUT2D eigenvalue weighted by atomic mass is 9.89. The number of piperidine rings is 1. The van der Waals surface area contributed by atoms with Crippen molar-refractivity contribution in [2.75, 3.05) is 23.3 Å². The predicted octanol–water partition coefficient (Wildman–Crippen LogP) is 5.19. The van der Waals surface area contributed by atoms with E-state index in [1.807, 2.05) is 42.5 Å². The van der Waals surface area contributed by atoms with Crippen molar-refractivity contribution in [3.63, 3.8) is 0 Å². The van der Waals surface area contributed by atoms with Crippen LogP contribution in [0.4, 0.5) is 11.7 Å². The van der Waals surface area contributed by atoms with Crippen LogP contribution in [0.15, 0.2) is 65.2 Å². The van der Waals surface area contributed by atoms with Crippen molar-refractivity contribution in [3.05, 3.63) is 66.4 Å². The number of hydrogen-bond acceptors (Lipinski definition) is 6. The number of aromatic nitrogens is 1. The molecule has 3 aromatic rings. The maximum atomic E-state index is 9.06. The molecule has 1 aromatic heterocycles. The SMILES string of the molecule is N#Cc1ccc(N2CCCC(N[C@@H]3CCCC[C@H]3Nc3ncc(-c4ccccc4)o3)C2)cc1. The summed E-state index contributed by atoms with van der Waals surface area (Å²) in [5.41, 5.74) is 2.96. The van der Waals surface area contributed by atoms with E-state index in [2.05, 4.69) is 38.7 Å². The molecular formula is C27H31N5O. The fourth-order valence-electron chi connectivity index (χ4n) is 5.14. The summed E-state index contributed by atoms with van der Waals surface area (Å²) in [7, 11) is 0. The van der Waals surface area contributed by atoms with Crippen LogP contribution in [0.1, 0.15) is 44.1 Å². The van der Waals surface area contributed by atoms with Crippen molar-refractivity contribution in [2.24, 2.45) is 0 Å². The number of hydrogen-bond donors (Lipinski definition) is 2. The van der Waals surface area contributed by atoms with Gasteiger partial charge in [0.05, 0.1) is 17.8 Å². The van der Waals surface area contributed by atoms with Crippen LogP contribution in [-0.4, -0.2) is 36.2 Å². The van der Waals surface area contributed by atoms with E-state index in [0.717, 1.165) is 37.3 Å². The van der Waals surface area contributed by atoms with E-state index in [1.54, 1.807) is 6.20 Å². The highest BCUT2D eigenvalue weighted by atomic mass is 16.4. The number of oxazole rings is 1. The molecule has 1 aliphatic heterocycles. The second-order valence-corrected chi connectivity index (χ2v) is 9.15. The smallest absolute Gasteiger partial charge is 0.295 e. The Morgan fingerprint density at radius 1 is 0.939 bits per heavy atom. The standard InChI is InChI=1S/C27H31N5O/c28-17-20-12-14-23(15-13-20)32-16-6-9-22(19-32)30-24-10-4-5-11-25(24)31-27-29-18-26(33-27)21-7-2-1-3-8-21/h1-3,7-8,12-15,18,22,24-25,30H,4-6,9-11,16,19H2,(H,29,31)/t22?,24-,25-/m1/s1. The van der Waals surface area contributed by atoms with E-state index in [0.29, 0.717) is 29.7 Å². The maximum absolute atomic E-state index is 9.06. The predicted molar refractivity (Wildman–Crippen MR) is 131 cm³/mol. The van der Waals surface area contributed by atoms with E-state index < -0.39 is 0 Å². The van der Waals surface area contributed by atoms with Gasteiger partial charge in [-0.1, -0.05) is 43.2 Å². The van der Waals surface area contributed by atoms with E-state index in [1.165, 1.54) is 31.4 Å². The molecule has 6 nitrogen and oxygen atoms in total. The summed E-state index contributed by atoms with van der Waals surface area (Å²) in [5, 5.41) is 16.6. The van der Waals surface area contributed by atoms with Gasteiger partial charge in [0, 0.05) is 42.5 Å². The van der Waals surface area contributed by atoms with Gasteiger partial charge >= 0.3 is 0 Å². The van der Waals surface area contributed by atoms with Gasteiger partial charge in [-0.25, -0.2) is 4.98 Å². The summed E-state index contributed by atoms with van der Waals surface area (Å²) in [6.07, 6.45) is 8.92. The van der Waals surface area contributed by atoms with E-state index in [9.17, 15) is 0 Å². The monoisotopic (exact) mass is 441 g/mol. The Morgan fingerprint density at radius 2 is 1.73 bits per heavy atom. The summed E-state index contributed by atoms with van der Waals surface area (Å²) in [6.45, 7) is 2.06. The third-order valence-electron chi connectivity index (χ3n) is 6.87. The van der Waals surface area contributed by atoms with Gasteiger partial charge in [0.1, 0.15) is 0 Å². The van der Waals surface area contributed by atoms with Gasteiger partial charge in [-0.2, -0.15) is 5.26 Å². The van der Waals surface area contributed by atoms with E-state index >= 15 is 0 Å². The highest BCUT2D eigenvalue weighted by Crippen LogP contribution is 2.27. The first kappa shape index (κ1) is 21.5. The van der Waals surface area contributed by atoms with Crippen LogP contribution < -0.4 is 15.5 Å². The second-order valence-electron chi connectivity index (χ2n) is 9.15. The zero-order valence-corrected chi connectivity index (χ0v) is 18.9. The summed E-state index contributed by atoms with van der Waals surface area (Å²) in [5.74, 6) is 0.795. The van der Waals surface area contributed by atoms with Crippen molar-refractivity contribution < 1.29 is 4.42 Å². The van der Waals surface area contributed by atoms with Gasteiger partial charge < -0.3 is 20.0 Å². The molecule has 1 aliphatic carbocycles. The lowest BCUT2D eigenvalue weighted by Gasteiger charge is -2.40. The molecule has 2 fully saturated rings. The van der Waals surface area contributed by atoms with Gasteiger partial charge in [-0.05, 0) is 49.9 Å². The largest absolute Gasteiger partial charge is 0.424 e. The van der Waals surface area contributed by atoms with Crippen molar-refractivity contribution in [1.29, 1.82) is 5.26 Å². The molecule has 170 valence electrons. The number of benzene rings is 2. The molecule has 0 bridgehead atoms.